The molecular weight excluding hydrogens is 306 g/mol. The number of carbonyl (C=O) groups is 1. The molecule has 1 aromatic rings. The van der Waals surface area contributed by atoms with Gasteiger partial charge in [0.05, 0.1) is 19.7 Å². The third-order valence-electron chi connectivity index (χ3n) is 6.48. The van der Waals surface area contributed by atoms with Crippen LogP contribution in [0.1, 0.15) is 43.8 Å². The van der Waals surface area contributed by atoms with Crippen LogP contribution in [0.2, 0.25) is 0 Å². The van der Waals surface area contributed by atoms with Crippen LogP contribution in [-0.2, 0) is 17.9 Å². The number of hydrogen-bond acceptors (Lipinski definition) is 5. The Morgan fingerprint density at radius 1 is 1.38 bits per heavy atom. The summed E-state index contributed by atoms with van der Waals surface area (Å²) in [4.78, 5) is 14.7. The van der Waals surface area contributed by atoms with E-state index in [9.17, 15) is 9.90 Å². The fourth-order valence-electron chi connectivity index (χ4n) is 4.96. The van der Waals surface area contributed by atoms with Crippen molar-refractivity contribution in [3.63, 3.8) is 0 Å². The third-order valence-corrected chi connectivity index (χ3v) is 6.48. The van der Waals surface area contributed by atoms with Gasteiger partial charge in [-0.05, 0) is 45.1 Å². The highest BCUT2D eigenvalue weighted by Gasteiger charge is 2.56. The molecule has 24 heavy (non-hydrogen) atoms. The first-order valence-corrected chi connectivity index (χ1v) is 8.94. The number of aromatic nitrogens is 3. The second kappa shape index (κ2) is 5.52. The molecule has 1 spiro atoms. The lowest BCUT2D eigenvalue weighted by molar-refractivity contribution is -0.136. The lowest BCUT2D eigenvalue weighted by atomic mass is 9.45. The van der Waals surface area contributed by atoms with Crippen LogP contribution in [-0.4, -0.2) is 56.9 Å². The van der Waals surface area contributed by atoms with Gasteiger partial charge in [0, 0.05) is 12.0 Å². The number of rotatable bonds is 4. The molecule has 132 valence electrons. The highest BCUT2D eigenvalue weighted by molar-refractivity contribution is 5.81. The molecule has 2 aliphatic carbocycles. The molecule has 1 aromatic heterocycles. The number of nitrogens with one attached hydrogen (secondary N) is 1. The zero-order chi connectivity index (χ0) is 16.9. The molecule has 4 rings (SSSR count). The molecule has 1 unspecified atom stereocenters. The molecule has 3 aliphatic rings. The molecule has 0 bridgehead atoms. The number of fused-ring (bicyclic) bond motifs is 1. The Kier molecular flexibility index (Phi) is 3.69. The standard InChI is InChI=1S/C17H27N5O2/c1-12-19-20-14-7-21(2)13(6-22(12)14)15(24)18-10-17(11-23)8-16(9-17)4-3-5-16/h13,23H,3-11H2,1-2H3,(H,18,24). The first-order valence-electron chi connectivity index (χ1n) is 8.94. The molecule has 7 heteroatoms. The summed E-state index contributed by atoms with van der Waals surface area (Å²) < 4.78 is 2.03. The van der Waals surface area contributed by atoms with Crippen molar-refractivity contribution in [1.29, 1.82) is 0 Å². The molecule has 2 heterocycles. The third kappa shape index (κ3) is 2.45. The summed E-state index contributed by atoms with van der Waals surface area (Å²) in [6.45, 7) is 3.90. The van der Waals surface area contributed by atoms with Crippen LogP contribution in [0.25, 0.3) is 0 Å². The Hall–Kier alpha value is -1.47. The van der Waals surface area contributed by atoms with E-state index in [0.717, 1.165) is 24.5 Å². The smallest absolute Gasteiger partial charge is 0.239 e. The molecule has 1 aliphatic heterocycles. The SMILES string of the molecule is Cc1nnc2n1CC(C(=O)NCC1(CO)CC3(CCC3)C1)N(C)C2. The van der Waals surface area contributed by atoms with Gasteiger partial charge in [0.1, 0.15) is 17.7 Å². The van der Waals surface area contributed by atoms with Crippen molar-refractivity contribution in [2.24, 2.45) is 10.8 Å². The van der Waals surface area contributed by atoms with Crippen molar-refractivity contribution in [3.8, 4) is 0 Å². The van der Waals surface area contributed by atoms with Gasteiger partial charge in [-0.3, -0.25) is 9.69 Å². The van der Waals surface area contributed by atoms with Crippen LogP contribution in [0.3, 0.4) is 0 Å². The van der Waals surface area contributed by atoms with Crippen LogP contribution in [0.5, 0.6) is 0 Å². The lowest BCUT2D eigenvalue weighted by Crippen LogP contribution is -2.59. The van der Waals surface area contributed by atoms with Gasteiger partial charge in [0.2, 0.25) is 5.91 Å². The van der Waals surface area contributed by atoms with E-state index in [1.54, 1.807) is 0 Å². The predicted molar refractivity (Wildman–Crippen MR) is 88.1 cm³/mol. The monoisotopic (exact) mass is 333 g/mol. The Morgan fingerprint density at radius 2 is 2.12 bits per heavy atom. The molecule has 1 amide bonds. The number of aliphatic hydroxyl groups is 1. The summed E-state index contributed by atoms with van der Waals surface area (Å²) in [6, 6.07) is -0.208. The molecule has 0 radical (unpaired) electrons. The van der Waals surface area contributed by atoms with Crippen LogP contribution in [0, 0.1) is 17.8 Å². The topological polar surface area (TPSA) is 83.3 Å². The molecule has 2 N–H and O–H groups in total. The van der Waals surface area contributed by atoms with Crippen LogP contribution < -0.4 is 5.32 Å². The maximum absolute atomic E-state index is 12.7. The summed E-state index contributed by atoms with van der Waals surface area (Å²) in [5.41, 5.74) is 0.393. The number of nitrogens with zero attached hydrogens (tertiary/aromatic N) is 4. The quantitative estimate of drug-likeness (QED) is 0.836. The first-order chi connectivity index (χ1) is 11.5. The van der Waals surface area contributed by atoms with Crippen molar-refractivity contribution in [2.75, 3.05) is 20.2 Å². The van der Waals surface area contributed by atoms with E-state index >= 15 is 0 Å². The number of amides is 1. The van der Waals surface area contributed by atoms with Gasteiger partial charge in [-0.15, -0.1) is 10.2 Å². The Balaban J connectivity index is 1.37. The minimum Gasteiger partial charge on any atom is -0.396 e. The summed E-state index contributed by atoms with van der Waals surface area (Å²) in [5.74, 6) is 1.81. The van der Waals surface area contributed by atoms with Gasteiger partial charge < -0.3 is 15.0 Å². The predicted octanol–water partition coefficient (Wildman–Crippen LogP) is 0.460. The maximum atomic E-state index is 12.7. The van der Waals surface area contributed by atoms with Gasteiger partial charge >= 0.3 is 0 Å². The summed E-state index contributed by atoms with van der Waals surface area (Å²) in [5, 5.41) is 21.2. The minimum atomic E-state index is -0.208. The Bertz CT molecular complexity index is 643. The Labute approximate surface area is 142 Å². The van der Waals surface area contributed by atoms with E-state index in [1.807, 2.05) is 23.4 Å². The Morgan fingerprint density at radius 3 is 2.75 bits per heavy atom. The number of carbonyl (C=O) groups excluding carboxylic acids is 1. The van der Waals surface area contributed by atoms with Gasteiger partial charge in [0.15, 0.2) is 0 Å². The molecule has 1 atom stereocenters. The van der Waals surface area contributed by atoms with Crippen molar-refractivity contribution in [1.82, 2.24) is 25.0 Å². The van der Waals surface area contributed by atoms with E-state index in [0.29, 0.717) is 25.0 Å². The van der Waals surface area contributed by atoms with Crippen LogP contribution >= 0.6 is 0 Å². The van der Waals surface area contributed by atoms with Crippen molar-refractivity contribution >= 4 is 5.91 Å². The average Bonchev–Trinajstić information content (AvgIpc) is 2.84. The fourth-order valence-corrected chi connectivity index (χ4v) is 4.96. The lowest BCUT2D eigenvalue weighted by Gasteiger charge is -2.60. The highest BCUT2D eigenvalue weighted by atomic mass is 16.3. The molecule has 0 saturated heterocycles. The second-order valence-electron chi connectivity index (χ2n) is 8.29. The summed E-state index contributed by atoms with van der Waals surface area (Å²) in [6.07, 6.45) is 6.03. The van der Waals surface area contributed by atoms with Crippen LogP contribution in [0.4, 0.5) is 0 Å². The number of aliphatic hydroxyl groups excluding tert-OH is 1. The zero-order valence-electron chi connectivity index (χ0n) is 14.6. The normalized spacial score (nSPS) is 27.2. The van der Waals surface area contributed by atoms with E-state index in [-0.39, 0.29) is 24.0 Å². The van der Waals surface area contributed by atoms with Gasteiger partial charge in [0.25, 0.3) is 0 Å². The van der Waals surface area contributed by atoms with Gasteiger partial charge in [-0.25, -0.2) is 0 Å². The minimum absolute atomic E-state index is 0.0404. The number of likely N-dealkylation sites (N-methyl/N-ethyl adjacent to an activating group) is 1. The number of hydrogen-bond donors (Lipinski definition) is 2. The molecule has 0 aromatic carbocycles. The maximum Gasteiger partial charge on any atom is 0.239 e. The van der Waals surface area contributed by atoms with Crippen molar-refractivity contribution in [3.05, 3.63) is 11.6 Å². The van der Waals surface area contributed by atoms with E-state index in [1.165, 1.54) is 19.3 Å². The molecule has 2 fully saturated rings. The van der Waals surface area contributed by atoms with Crippen molar-refractivity contribution < 1.29 is 9.90 Å². The molecule has 2 saturated carbocycles. The number of aryl methyl sites for hydroxylation is 1. The van der Waals surface area contributed by atoms with E-state index < -0.39 is 0 Å². The summed E-state index contributed by atoms with van der Waals surface area (Å²) in [7, 11) is 1.95. The van der Waals surface area contributed by atoms with Gasteiger partial charge in [-0.2, -0.15) is 0 Å². The molecule has 7 nitrogen and oxygen atoms in total. The highest BCUT2D eigenvalue weighted by Crippen LogP contribution is 2.64. The van der Waals surface area contributed by atoms with Crippen molar-refractivity contribution in [2.45, 2.75) is 58.2 Å². The van der Waals surface area contributed by atoms with Crippen LogP contribution in [0.15, 0.2) is 0 Å². The largest absolute Gasteiger partial charge is 0.396 e. The van der Waals surface area contributed by atoms with E-state index in [4.69, 9.17) is 0 Å². The fraction of sp³-hybridized carbons (Fsp3) is 0.824. The second-order valence-corrected chi connectivity index (χ2v) is 8.29. The summed E-state index contributed by atoms with van der Waals surface area (Å²) >= 11 is 0. The zero-order valence-corrected chi connectivity index (χ0v) is 14.6. The average molecular weight is 333 g/mol. The molecular formula is C17H27N5O2. The van der Waals surface area contributed by atoms with Gasteiger partial charge in [-0.1, -0.05) is 6.42 Å². The van der Waals surface area contributed by atoms with E-state index in [2.05, 4.69) is 15.5 Å². The first kappa shape index (κ1) is 16.0.